The smallest absolute Gasteiger partial charge is 0.412 e. The molecule has 0 aliphatic carbocycles. The fraction of sp³-hybridized carbons (Fsp3) is 0.235. The Morgan fingerprint density at radius 2 is 1.76 bits per heavy atom. The highest BCUT2D eigenvalue weighted by atomic mass is 35.5. The van der Waals surface area contributed by atoms with E-state index in [0.29, 0.717) is 12.4 Å². The zero-order valence-corrected chi connectivity index (χ0v) is 13.5. The second kappa shape index (κ2) is 6.84. The summed E-state index contributed by atoms with van der Waals surface area (Å²) in [6.07, 6.45) is -4.69. The summed E-state index contributed by atoms with van der Waals surface area (Å²) in [6.45, 7) is 0.581. The van der Waals surface area contributed by atoms with Crippen molar-refractivity contribution in [3.63, 3.8) is 0 Å². The number of alkyl halides is 3. The first-order valence-electron chi connectivity index (χ1n) is 7.38. The first kappa shape index (κ1) is 17.4. The minimum Gasteiger partial charge on any atom is -0.486 e. The molecular weight excluding hydrogens is 359 g/mol. The lowest BCUT2D eigenvalue weighted by Crippen LogP contribution is -2.38. The van der Waals surface area contributed by atoms with Crippen molar-refractivity contribution < 1.29 is 27.4 Å². The monoisotopic (exact) mass is 371 g/mol. The van der Waals surface area contributed by atoms with E-state index < -0.39 is 18.1 Å². The number of amides is 1. The topological polar surface area (TPSA) is 47.6 Å². The second-order valence-electron chi connectivity index (χ2n) is 5.33. The van der Waals surface area contributed by atoms with E-state index in [1.54, 1.807) is 6.07 Å². The molecule has 0 spiro atoms. The molecule has 3 rings (SSSR count). The van der Waals surface area contributed by atoms with Crippen molar-refractivity contribution in [1.82, 2.24) is 5.32 Å². The summed E-state index contributed by atoms with van der Waals surface area (Å²) in [5.41, 5.74) is -0.187. The second-order valence-corrected chi connectivity index (χ2v) is 5.74. The quantitative estimate of drug-likeness (QED) is 0.882. The van der Waals surface area contributed by atoms with Crippen LogP contribution in [-0.4, -0.2) is 25.3 Å². The summed E-state index contributed by atoms with van der Waals surface area (Å²) >= 11 is 5.88. The Morgan fingerprint density at radius 1 is 1.08 bits per heavy atom. The van der Waals surface area contributed by atoms with Gasteiger partial charge in [-0.3, -0.25) is 4.79 Å². The van der Waals surface area contributed by atoms with E-state index in [9.17, 15) is 18.0 Å². The first-order valence-corrected chi connectivity index (χ1v) is 7.76. The van der Waals surface area contributed by atoms with Crippen LogP contribution in [0.1, 0.15) is 22.0 Å². The summed E-state index contributed by atoms with van der Waals surface area (Å²) < 4.78 is 51.1. The maximum absolute atomic E-state index is 13.5. The Morgan fingerprint density at radius 3 is 2.44 bits per heavy atom. The number of nitrogens with one attached hydrogen (secondary N) is 1. The van der Waals surface area contributed by atoms with Crippen molar-refractivity contribution in [3.05, 3.63) is 58.6 Å². The molecule has 1 aliphatic rings. The molecule has 0 aromatic heterocycles. The molecule has 25 heavy (non-hydrogen) atoms. The van der Waals surface area contributed by atoms with E-state index in [0.717, 1.165) is 0 Å². The number of hydrogen-bond acceptors (Lipinski definition) is 3. The molecule has 1 amide bonds. The van der Waals surface area contributed by atoms with E-state index in [4.69, 9.17) is 21.1 Å². The lowest BCUT2D eigenvalue weighted by molar-refractivity contribution is -0.155. The van der Waals surface area contributed by atoms with Gasteiger partial charge >= 0.3 is 6.18 Å². The minimum atomic E-state index is -4.69. The molecule has 1 unspecified atom stereocenters. The van der Waals surface area contributed by atoms with Gasteiger partial charge in [-0.05, 0) is 29.8 Å². The lowest BCUT2D eigenvalue weighted by Gasteiger charge is -2.24. The molecule has 0 saturated carbocycles. The minimum absolute atomic E-state index is 0.0315. The number of carbonyl (C=O) groups excluding carboxylic acids is 1. The zero-order valence-electron chi connectivity index (χ0n) is 12.8. The normalized spacial score (nSPS) is 14.7. The molecule has 2 aromatic carbocycles. The standard InChI is InChI=1S/C17H13ClF3NO3/c18-12-4-2-1-3-11(12)16(23)22-15(17(19,20)21)10-5-6-13-14(9-10)25-8-7-24-13/h1-6,9,15H,7-8H2,(H,22,23). The van der Waals surface area contributed by atoms with Gasteiger partial charge in [-0.15, -0.1) is 0 Å². The molecule has 1 N–H and O–H groups in total. The van der Waals surface area contributed by atoms with Crippen LogP contribution in [0.2, 0.25) is 5.02 Å². The third-order valence-electron chi connectivity index (χ3n) is 3.62. The van der Waals surface area contributed by atoms with Crippen LogP contribution in [0.4, 0.5) is 13.2 Å². The third kappa shape index (κ3) is 3.82. The zero-order chi connectivity index (χ0) is 18.0. The highest BCUT2D eigenvalue weighted by Gasteiger charge is 2.42. The van der Waals surface area contributed by atoms with Gasteiger partial charge in [0.2, 0.25) is 0 Å². The van der Waals surface area contributed by atoms with E-state index >= 15 is 0 Å². The molecule has 8 heteroatoms. The molecule has 1 atom stereocenters. The Labute approximate surface area is 146 Å². The van der Waals surface area contributed by atoms with Crippen LogP contribution in [0.3, 0.4) is 0 Å². The van der Waals surface area contributed by atoms with Crippen LogP contribution in [0.15, 0.2) is 42.5 Å². The maximum atomic E-state index is 13.5. The van der Waals surface area contributed by atoms with Gasteiger partial charge in [0.15, 0.2) is 17.5 Å². The van der Waals surface area contributed by atoms with Crippen LogP contribution in [-0.2, 0) is 0 Å². The predicted octanol–water partition coefficient (Wildman–Crippen LogP) is 4.14. The number of hydrogen-bond donors (Lipinski definition) is 1. The van der Waals surface area contributed by atoms with E-state index in [2.05, 4.69) is 0 Å². The number of halogens is 4. The van der Waals surface area contributed by atoms with E-state index in [1.165, 1.54) is 36.4 Å². The van der Waals surface area contributed by atoms with E-state index in [-0.39, 0.29) is 28.5 Å². The Kier molecular flexibility index (Phi) is 4.76. The van der Waals surface area contributed by atoms with Gasteiger partial charge in [-0.2, -0.15) is 13.2 Å². The molecular formula is C17H13ClF3NO3. The number of carbonyl (C=O) groups is 1. The Bertz CT molecular complexity index is 795. The molecule has 4 nitrogen and oxygen atoms in total. The van der Waals surface area contributed by atoms with Crippen LogP contribution >= 0.6 is 11.6 Å². The van der Waals surface area contributed by atoms with Gasteiger partial charge in [-0.25, -0.2) is 0 Å². The SMILES string of the molecule is O=C(NC(c1ccc2c(c1)OCCO2)C(F)(F)F)c1ccccc1Cl. The average Bonchev–Trinajstić information content (AvgIpc) is 2.58. The molecule has 0 fully saturated rings. The number of fused-ring (bicyclic) bond motifs is 1. The molecule has 0 radical (unpaired) electrons. The molecule has 0 saturated heterocycles. The first-order chi connectivity index (χ1) is 11.9. The van der Waals surface area contributed by atoms with Gasteiger partial charge < -0.3 is 14.8 Å². The molecule has 1 aliphatic heterocycles. The van der Waals surface area contributed by atoms with Crippen molar-refractivity contribution in [2.45, 2.75) is 12.2 Å². The largest absolute Gasteiger partial charge is 0.486 e. The van der Waals surface area contributed by atoms with Crippen molar-refractivity contribution in [3.8, 4) is 11.5 Å². The molecule has 132 valence electrons. The summed E-state index contributed by atoms with van der Waals surface area (Å²) in [4.78, 5) is 12.2. The van der Waals surface area contributed by atoms with Crippen LogP contribution < -0.4 is 14.8 Å². The highest BCUT2D eigenvalue weighted by molar-refractivity contribution is 6.33. The van der Waals surface area contributed by atoms with E-state index in [1.807, 2.05) is 5.32 Å². The van der Waals surface area contributed by atoms with Crippen LogP contribution in [0, 0.1) is 0 Å². The van der Waals surface area contributed by atoms with Gasteiger partial charge in [-0.1, -0.05) is 29.8 Å². The number of benzene rings is 2. The average molecular weight is 372 g/mol. The van der Waals surface area contributed by atoms with Gasteiger partial charge in [0, 0.05) is 0 Å². The lowest BCUT2D eigenvalue weighted by atomic mass is 10.0. The van der Waals surface area contributed by atoms with Gasteiger partial charge in [0.25, 0.3) is 5.91 Å². The maximum Gasteiger partial charge on any atom is 0.412 e. The highest BCUT2D eigenvalue weighted by Crippen LogP contribution is 2.38. The Balaban J connectivity index is 1.91. The van der Waals surface area contributed by atoms with Crippen molar-refractivity contribution in [1.29, 1.82) is 0 Å². The van der Waals surface area contributed by atoms with Crippen LogP contribution in [0.25, 0.3) is 0 Å². The summed E-state index contributed by atoms with van der Waals surface area (Å²) in [5.74, 6) is -0.332. The fourth-order valence-electron chi connectivity index (χ4n) is 2.45. The van der Waals surface area contributed by atoms with Crippen LogP contribution in [0.5, 0.6) is 11.5 Å². The van der Waals surface area contributed by atoms with Crippen molar-refractivity contribution in [2.24, 2.45) is 0 Å². The summed E-state index contributed by atoms with van der Waals surface area (Å²) in [7, 11) is 0. The van der Waals surface area contributed by atoms with Gasteiger partial charge in [0.1, 0.15) is 13.2 Å². The van der Waals surface area contributed by atoms with Gasteiger partial charge in [0.05, 0.1) is 10.6 Å². The fourth-order valence-corrected chi connectivity index (χ4v) is 2.67. The molecule has 1 heterocycles. The van der Waals surface area contributed by atoms with Crippen molar-refractivity contribution in [2.75, 3.05) is 13.2 Å². The molecule has 2 aromatic rings. The Hall–Kier alpha value is -2.41. The predicted molar refractivity (Wildman–Crippen MR) is 85.1 cm³/mol. The summed E-state index contributed by atoms with van der Waals surface area (Å²) in [6, 6.07) is 7.56. The third-order valence-corrected chi connectivity index (χ3v) is 3.95. The molecule has 0 bridgehead atoms. The summed E-state index contributed by atoms with van der Waals surface area (Å²) in [5, 5.41) is 2.06. The number of rotatable bonds is 3. The number of ether oxygens (including phenoxy) is 2. The van der Waals surface area contributed by atoms with Crippen molar-refractivity contribution >= 4 is 17.5 Å².